The standard InChI is InChI=1S/C23H34/c1-16(2)19-11-13-20(14-12-19)23(8)21(17(3)4)10-9-15-22(23,7)18(5)6/h9-18H,1-8H3. The molecule has 0 bridgehead atoms. The molecule has 0 fully saturated rings. The maximum Gasteiger partial charge on any atom is 0.0229 e. The fourth-order valence-electron chi connectivity index (χ4n) is 4.21. The molecule has 1 aliphatic carbocycles. The molecule has 0 spiro atoms. The molecule has 2 rings (SSSR count). The van der Waals surface area contributed by atoms with Gasteiger partial charge in [0.05, 0.1) is 0 Å². The minimum absolute atomic E-state index is 0.0413. The summed E-state index contributed by atoms with van der Waals surface area (Å²) in [5.74, 6) is 1.71. The van der Waals surface area contributed by atoms with Gasteiger partial charge < -0.3 is 0 Å². The summed E-state index contributed by atoms with van der Waals surface area (Å²) in [4.78, 5) is 0. The van der Waals surface area contributed by atoms with Gasteiger partial charge in [0.2, 0.25) is 0 Å². The van der Waals surface area contributed by atoms with E-state index in [9.17, 15) is 0 Å². The molecule has 1 aliphatic rings. The van der Waals surface area contributed by atoms with Crippen molar-refractivity contribution in [3.63, 3.8) is 0 Å². The monoisotopic (exact) mass is 310 g/mol. The van der Waals surface area contributed by atoms with E-state index in [-0.39, 0.29) is 10.8 Å². The molecule has 0 saturated carbocycles. The van der Waals surface area contributed by atoms with Crippen LogP contribution in [0, 0.1) is 17.3 Å². The van der Waals surface area contributed by atoms with E-state index < -0.39 is 0 Å². The predicted molar refractivity (Wildman–Crippen MR) is 103 cm³/mol. The highest BCUT2D eigenvalue weighted by molar-refractivity contribution is 5.47. The Labute approximate surface area is 143 Å². The van der Waals surface area contributed by atoms with Crippen molar-refractivity contribution < 1.29 is 0 Å². The predicted octanol–water partition coefficient (Wildman–Crippen LogP) is 6.88. The van der Waals surface area contributed by atoms with E-state index in [1.807, 2.05) is 0 Å². The maximum atomic E-state index is 2.45. The number of benzene rings is 1. The van der Waals surface area contributed by atoms with Gasteiger partial charge in [-0.05, 0) is 28.9 Å². The summed E-state index contributed by atoms with van der Waals surface area (Å²) in [7, 11) is 0. The van der Waals surface area contributed by atoms with Crippen molar-refractivity contribution in [2.24, 2.45) is 17.3 Å². The smallest absolute Gasteiger partial charge is 0.0229 e. The van der Waals surface area contributed by atoms with Crippen molar-refractivity contribution >= 4 is 0 Å². The third kappa shape index (κ3) is 2.82. The molecule has 1 aromatic rings. The van der Waals surface area contributed by atoms with Gasteiger partial charge in [-0.3, -0.25) is 0 Å². The van der Waals surface area contributed by atoms with E-state index in [0.29, 0.717) is 17.8 Å². The Morgan fingerprint density at radius 3 is 1.78 bits per heavy atom. The van der Waals surface area contributed by atoms with Crippen LogP contribution in [0.15, 0.2) is 48.1 Å². The van der Waals surface area contributed by atoms with E-state index >= 15 is 0 Å². The zero-order valence-electron chi connectivity index (χ0n) is 16.3. The van der Waals surface area contributed by atoms with Crippen LogP contribution < -0.4 is 0 Å². The lowest BCUT2D eigenvalue weighted by Gasteiger charge is -2.52. The molecule has 0 N–H and O–H groups in total. The topological polar surface area (TPSA) is 0 Å². The number of rotatable bonds is 4. The fraction of sp³-hybridized carbons (Fsp3) is 0.565. The molecule has 0 aromatic heterocycles. The van der Waals surface area contributed by atoms with Gasteiger partial charge in [-0.2, -0.15) is 0 Å². The Kier molecular flexibility index (Phi) is 4.95. The molecule has 2 unspecified atom stereocenters. The van der Waals surface area contributed by atoms with Crippen LogP contribution in [0.5, 0.6) is 0 Å². The molecule has 0 heterocycles. The normalized spacial score (nSPS) is 27.9. The Bertz CT molecular complexity index is 597. The summed E-state index contributed by atoms with van der Waals surface area (Å²) in [6.07, 6.45) is 7.06. The molecule has 23 heavy (non-hydrogen) atoms. The van der Waals surface area contributed by atoms with Crippen LogP contribution in [-0.2, 0) is 5.41 Å². The Hall–Kier alpha value is -1.30. The first kappa shape index (κ1) is 18.0. The highest BCUT2D eigenvalue weighted by Gasteiger charge is 2.49. The molecule has 0 saturated heterocycles. The Balaban J connectivity index is 2.63. The molecule has 1 aromatic carbocycles. The first-order chi connectivity index (χ1) is 10.6. The van der Waals surface area contributed by atoms with Crippen molar-refractivity contribution in [3.8, 4) is 0 Å². The number of hydrogen-bond donors (Lipinski definition) is 0. The minimum atomic E-state index is 0.0413. The first-order valence-corrected chi connectivity index (χ1v) is 9.15. The first-order valence-electron chi connectivity index (χ1n) is 9.15. The number of allylic oxidation sites excluding steroid dienone is 4. The molecule has 0 amide bonds. The highest BCUT2D eigenvalue weighted by Crippen LogP contribution is 2.55. The Morgan fingerprint density at radius 1 is 0.783 bits per heavy atom. The summed E-state index contributed by atoms with van der Waals surface area (Å²) in [5, 5.41) is 0. The molecule has 2 atom stereocenters. The molecule has 0 heteroatoms. The van der Waals surface area contributed by atoms with Crippen LogP contribution in [-0.4, -0.2) is 0 Å². The lowest BCUT2D eigenvalue weighted by atomic mass is 9.51. The van der Waals surface area contributed by atoms with Crippen LogP contribution in [0.1, 0.15) is 72.4 Å². The lowest BCUT2D eigenvalue weighted by Crippen LogP contribution is -2.47. The fourth-order valence-corrected chi connectivity index (χ4v) is 4.21. The second kappa shape index (κ2) is 6.30. The quantitative estimate of drug-likeness (QED) is 0.568. The van der Waals surface area contributed by atoms with Crippen LogP contribution in [0.3, 0.4) is 0 Å². The van der Waals surface area contributed by atoms with E-state index in [4.69, 9.17) is 0 Å². The SMILES string of the molecule is CC(C)C1=CC=CC(C)(C(C)C)C1(C)c1ccc(C(C)C)cc1. The minimum Gasteiger partial charge on any atom is -0.0771 e. The van der Waals surface area contributed by atoms with Gasteiger partial charge in [0, 0.05) is 10.8 Å². The third-order valence-electron chi connectivity index (χ3n) is 6.35. The average molecular weight is 311 g/mol. The van der Waals surface area contributed by atoms with E-state index in [1.165, 1.54) is 11.1 Å². The summed E-state index contributed by atoms with van der Waals surface area (Å²) >= 11 is 0. The zero-order chi connectivity index (χ0) is 17.4. The van der Waals surface area contributed by atoms with Gasteiger partial charge >= 0.3 is 0 Å². The van der Waals surface area contributed by atoms with E-state index in [2.05, 4.69) is 97.9 Å². The molecule has 0 aliphatic heterocycles. The average Bonchev–Trinajstić information content (AvgIpc) is 2.49. The van der Waals surface area contributed by atoms with Gasteiger partial charge in [0.15, 0.2) is 0 Å². The summed E-state index contributed by atoms with van der Waals surface area (Å²) in [6.45, 7) is 18.8. The summed E-state index contributed by atoms with van der Waals surface area (Å²) < 4.78 is 0. The van der Waals surface area contributed by atoms with Crippen molar-refractivity contribution in [1.82, 2.24) is 0 Å². The summed E-state index contributed by atoms with van der Waals surface area (Å²) in [6, 6.07) is 9.38. The van der Waals surface area contributed by atoms with Crippen LogP contribution in [0.4, 0.5) is 0 Å². The van der Waals surface area contributed by atoms with Gasteiger partial charge in [0.25, 0.3) is 0 Å². The van der Waals surface area contributed by atoms with Crippen molar-refractivity contribution in [1.29, 1.82) is 0 Å². The molecule has 0 radical (unpaired) electrons. The van der Waals surface area contributed by atoms with Gasteiger partial charge in [-0.1, -0.05) is 103 Å². The van der Waals surface area contributed by atoms with E-state index in [1.54, 1.807) is 5.57 Å². The van der Waals surface area contributed by atoms with Gasteiger partial charge in [-0.15, -0.1) is 0 Å². The van der Waals surface area contributed by atoms with Crippen LogP contribution in [0.2, 0.25) is 0 Å². The lowest BCUT2D eigenvalue weighted by molar-refractivity contribution is 0.166. The molecular formula is C23H34. The van der Waals surface area contributed by atoms with Crippen molar-refractivity contribution in [2.75, 3.05) is 0 Å². The van der Waals surface area contributed by atoms with Crippen molar-refractivity contribution in [3.05, 3.63) is 59.2 Å². The van der Waals surface area contributed by atoms with Crippen LogP contribution >= 0.6 is 0 Å². The van der Waals surface area contributed by atoms with Crippen LogP contribution in [0.25, 0.3) is 0 Å². The maximum absolute atomic E-state index is 2.45. The molecule has 0 nitrogen and oxygen atoms in total. The highest BCUT2D eigenvalue weighted by atomic mass is 14.5. The second-order valence-corrected chi connectivity index (χ2v) is 8.47. The Morgan fingerprint density at radius 2 is 1.35 bits per heavy atom. The van der Waals surface area contributed by atoms with Gasteiger partial charge in [0.1, 0.15) is 0 Å². The summed E-state index contributed by atoms with van der Waals surface area (Å²) in [5.41, 5.74) is 4.58. The third-order valence-corrected chi connectivity index (χ3v) is 6.35. The zero-order valence-corrected chi connectivity index (χ0v) is 16.3. The largest absolute Gasteiger partial charge is 0.0771 e. The number of hydrogen-bond acceptors (Lipinski definition) is 0. The van der Waals surface area contributed by atoms with Gasteiger partial charge in [-0.25, -0.2) is 0 Å². The van der Waals surface area contributed by atoms with Crippen molar-refractivity contribution in [2.45, 2.75) is 66.7 Å². The second-order valence-electron chi connectivity index (χ2n) is 8.47. The van der Waals surface area contributed by atoms with E-state index in [0.717, 1.165) is 0 Å². The molecular weight excluding hydrogens is 276 g/mol. The molecule has 126 valence electrons.